The van der Waals surface area contributed by atoms with Crippen LogP contribution in [0.5, 0.6) is 5.75 Å². The molecule has 0 amide bonds. The first-order valence-electron chi connectivity index (χ1n) is 5.30. The standard InChI is InChI=1S/C12H8Cl2O4S2/c1-7(15)8-3-2-4-9(5-8)18-20(16,17)10-6-11(13)19-12(10)14/h2-6H,1H3. The van der Waals surface area contributed by atoms with Crippen molar-refractivity contribution in [2.75, 3.05) is 0 Å². The second-order valence-electron chi connectivity index (χ2n) is 3.81. The first-order chi connectivity index (χ1) is 9.29. The third-order valence-corrected chi connectivity index (χ3v) is 5.34. The predicted octanol–water partition coefficient (Wildman–Crippen LogP) is 4.03. The minimum absolute atomic E-state index is 0.0257. The fourth-order valence-electron chi connectivity index (χ4n) is 1.43. The van der Waals surface area contributed by atoms with E-state index >= 15 is 0 Å². The highest BCUT2D eigenvalue weighted by atomic mass is 35.5. The average Bonchev–Trinajstić information content (AvgIpc) is 2.69. The molecular formula is C12H8Cl2O4S2. The van der Waals surface area contributed by atoms with Crippen LogP contribution in [0.1, 0.15) is 17.3 Å². The fourth-order valence-corrected chi connectivity index (χ4v) is 4.46. The van der Waals surface area contributed by atoms with Gasteiger partial charge in [0.1, 0.15) is 15.0 Å². The molecule has 8 heteroatoms. The van der Waals surface area contributed by atoms with Crippen LogP contribution in [0.4, 0.5) is 0 Å². The smallest absolute Gasteiger partial charge is 0.341 e. The van der Waals surface area contributed by atoms with Gasteiger partial charge in [0.25, 0.3) is 0 Å². The van der Waals surface area contributed by atoms with Gasteiger partial charge in [-0.2, -0.15) is 8.42 Å². The summed E-state index contributed by atoms with van der Waals surface area (Å²) < 4.78 is 29.4. The first-order valence-corrected chi connectivity index (χ1v) is 8.28. The third-order valence-electron chi connectivity index (χ3n) is 2.34. The Morgan fingerprint density at radius 2 is 1.95 bits per heavy atom. The Kier molecular flexibility index (Phi) is 4.39. The number of ketones is 1. The van der Waals surface area contributed by atoms with Crippen LogP contribution in [-0.4, -0.2) is 14.2 Å². The summed E-state index contributed by atoms with van der Waals surface area (Å²) >= 11 is 12.4. The number of rotatable bonds is 4. The molecule has 20 heavy (non-hydrogen) atoms. The summed E-state index contributed by atoms with van der Waals surface area (Å²) in [6.45, 7) is 1.38. The second-order valence-corrected chi connectivity index (χ2v) is 7.61. The maximum absolute atomic E-state index is 12.1. The lowest BCUT2D eigenvalue weighted by Gasteiger charge is -2.06. The van der Waals surface area contributed by atoms with Gasteiger partial charge in [0, 0.05) is 5.56 Å². The topological polar surface area (TPSA) is 60.4 Å². The Labute approximate surface area is 130 Å². The van der Waals surface area contributed by atoms with Gasteiger partial charge < -0.3 is 4.18 Å². The quantitative estimate of drug-likeness (QED) is 0.616. The molecule has 1 aromatic carbocycles. The van der Waals surface area contributed by atoms with E-state index in [1.807, 2.05) is 0 Å². The SMILES string of the molecule is CC(=O)c1cccc(OS(=O)(=O)c2cc(Cl)sc2Cl)c1. The summed E-state index contributed by atoms with van der Waals surface area (Å²) in [5, 5.41) is 0. The lowest BCUT2D eigenvalue weighted by Crippen LogP contribution is -2.09. The molecule has 0 radical (unpaired) electrons. The molecule has 0 aliphatic carbocycles. The Hall–Kier alpha value is -1.08. The van der Waals surface area contributed by atoms with E-state index in [0.717, 1.165) is 11.3 Å². The molecule has 0 unspecified atom stereocenters. The van der Waals surface area contributed by atoms with Gasteiger partial charge in [-0.05, 0) is 25.1 Å². The third kappa shape index (κ3) is 3.32. The zero-order valence-corrected chi connectivity index (χ0v) is 13.2. The minimum Gasteiger partial charge on any atom is -0.379 e. The summed E-state index contributed by atoms with van der Waals surface area (Å²) in [6.07, 6.45) is 0. The maximum Gasteiger partial charge on any atom is 0.341 e. The molecule has 0 N–H and O–H groups in total. The van der Waals surface area contributed by atoms with Crippen molar-refractivity contribution < 1.29 is 17.4 Å². The van der Waals surface area contributed by atoms with Gasteiger partial charge in [-0.1, -0.05) is 35.3 Å². The molecule has 106 valence electrons. The molecule has 1 aromatic heterocycles. The van der Waals surface area contributed by atoms with Crippen molar-refractivity contribution in [2.24, 2.45) is 0 Å². The zero-order chi connectivity index (χ0) is 14.9. The molecule has 0 bridgehead atoms. The van der Waals surface area contributed by atoms with Crippen molar-refractivity contribution in [2.45, 2.75) is 11.8 Å². The van der Waals surface area contributed by atoms with Crippen LogP contribution in [-0.2, 0) is 10.1 Å². The number of Topliss-reactive ketones (excluding diaryl/α,β-unsaturated/α-hetero) is 1. The highest BCUT2D eigenvalue weighted by Gasteiger charge is 2.23. The lowest BCUT2D eigenvalue weighted by atomic mass is 10.1. The summed E-state index contributed by atoms with van der Waals surface area (Å²) in [5.74, 6) is -0.152. The number of hydrogen-bond donors (Lipinski definition) is 0. The molecule has 0 atom stereocenters. The average molecular weight is 351 g/mol. The lowest BCUT2D eigenvalue weighted by molar-refractivity contribution is 0.101. The van der Waals surface area contributed by atoms with Gasteiger partial charge in [-0.15, -0.1) is 11.3 Å². The monoisotopic (exact) mass is 350 g/mol. The molecule has 0 aliphatic heterocycles. The number of thiophene rings is 1. The van der Waals surface area contributed by atoms with Crippen molar-refractivity contribution in [3.05, 3.63) is 44.6 Å². The Morgan fingerprint density at radius 3 is 2.50 bits per heavy atom. The van der Waals surface area contributed by atoms with Crippen molar-refractivity contribution in [1.29, 1.82) is 0 Å². The van der Waals surface area contributed by atoms with E-state index in [1.165, 1.54) is 31.2 Å². The number of carbonyl (C=O) groups is 1. The predicted molar refractivity (Wildman–Crippen MR) is 78.6 cm³/mol. The van der Waals surface area contributed by atoms with Crippen LogP contribution in [0.25, 0.3) is 0 Å². The Bertz CT molecular complexity index is 766. The first kappa shape index (κ1) is 15.3. The highest BCUT2D eigenvalue weighted by molar-refractivity contribution is 7.87. The molecule has 1 heterocycles. The highest BCUT2D eigenvalue weighted by Crippen LogP contribution is 2.35. The van der Waals surface area contributed by atoms with Gasteiger partial charge >= 0.3 is 10.1 Å². The summed E-state index contributed by atoms with van der Waals surface area (Å²) in [5.41, 5.74) is 0.354. The van der Waals surface area contributed by atoms with E-state index in [-0.39, 0.29) is 25.1 Å². The van der Waals surface area contributed by atoms with E-state index in [2.05, 4.69) is 0 Å². The number of halogens is 2. The summed E-state index contributed by atoms with van der Waals surface area (Å²) in [7, 11) is -4.08. The van der Waals surface area contributed by atoms with Gasteiger partial charge in [0.2, 0.25) is 0 Å². The minimum atomic E-state index is -4.08. The van der Waals surface area contributed by atoms with Gasteiger partial charge in [0.15, 0.2) is 5.78 Å². The Morgan fingerprint density at radius 1 is 1.25 bits per heavy atom. The Balaban J connectivity index is 2.36. The van der Waals surface area contributed by atoms with Crippen LogP contribution in [0.15, 0.2) is 35.2 Å². The van der Waals surface area contributed by atoms with Gasteiger partial charge in [-0.3, -0.25) is 4.79 Å². The normalized spacial score (nSPS) is 11.3. The van der Waals surface area contributed by atoms with Gasteiger partial charge in [0.05, 0.1) is 4.34 Å². The molecule has 0 fully saturated rings. The van der Waals surface area contributed by atoms with Crippen LogP contribution in [0, 0.1) is 0 Å². The molecule has 0 saturated heterocycles. The molecule has 2 rings (SSSR count). The van der Waals surface area contributed by atoms with E-state index in [9.17, 15) is 13.2 Å². The number of hydrogen-bond acceptors (Lipinski definition) is 5. The number of benzene rings is 1. The molecule has 2 aromatic rings. The number of carbonyl (C=O) groups excluding carboxylic acids is 1. The zero-order valence-electron chi connectivity index (χ0n) is 10.1. The second kappa shape index (κ2) is 5.73. The van der Waals surface area contributed by atoms with Crippen LogP contribution in [0.2, 0.25) is 8.67 Å². The largest absolute Gasteiger partial charge is 0.379 e. The van der Waals surface area contributed by atoms with E-state index in [1.54, 1.807) is 6.07 Å². The summed E-state index contributed by atoms with van der Waals surface area (Å²) in [4.78, 5) is 11.1. The van der Waals surface area contributed by atoms with Gasteiger partial charge in [-0.25, -0.2) is 0 Å². The van der Waals surface area contributed by atoms with E-state index < -0.39 is 10.1 Å². The van der Waals surface area contributed by atoms with E-state index in [4.69, 9.17) is 27.4 Å². The molecule has 0 spiro atoms. The fraction of sp³-hybridized carbons (Fsp3) is 0.0833. The molecule has 0 saturated carbocycles. The van der Waals surface area contributed by atoms with Crippen LogP contribution >= 0.6 is 34.5 Å². The van der Waals surface area contributed by atoms with Crippen molar-refractivity contribution >= 4 is 50.4 Å². The molecule has 4 nitrogen and oxygen atoms in total. The maximum atomic E-state index is 12.1. The van der Waals surface area contributed by atoms with Crippen molar-refractivity contribution in [3.63, 3.8) is 0 Å². The molecule has 0 aliphatic rings. The van der Waals surface area contributed by atoms with E-state index in [0.29, 0.717) is 5.56 Å². The van der Waals surface area contributed by atoms with Crippen LogP contribution < -0.4 is 4.18 Å². The molecular weight excluding hydrogens is 343 g/mol. The van der Waals surface area contributed by atoms with Crippen molar-refractivity contribution in [3.8, 4) is 5.75 Å². The van der Waals surface area contributed by atoms with Crippen molar-refractivity contribution in [1.82, 2.24) is 0 Å². The van der Waals surface area contributed by atoms with Crippen LogP contribution in [0.3, 0.4) is 0 Å². The summed E-state index contributed by atoms with van der Waals surface area (Å²) in [6, 6.07) is 7.10.